The number of benzene rings is 2. The molecule has 0 aliphatic rings. The van der Waals surface area contributed by atoms with Crippen molar-refractivity contribution in [1.82, 2.24) is 4.57 Å². The molecule has 0 saturated heterocycles. The lowest BCUT2D eigenvalue weighted by Gasteiger charge is -2.11. The standard InChI is InChI=1S/C20H19N3O3/c1-14-12-16(23-10-2-3-11-23)6-9-18(14)20(25)22-15-4-7-17(8-5-15)26-13-19(21)24/h2-12H,13H2,1H3,(H2,21,24)(H,22,25). The Kier molecular flexibility index (Phi) is 5.03. The van der Waals surface area contributed by atoms with E-state index >= 15 is 0 Å². The van der Waals surface area contributed by atoms with Gasteiger partial charge < -0.3 is 20.4 Å². The summed E-state index contributed by atoms with van der Waals surface area (Å²) in [5.41, 5.74) is 8.16. The van der Waals surface area contributed by atoms with Crippen LogP contribution < -0.4 is 15.8 Å². The number of amides is 2. The summed E-state index contributed by atoms with van der Waals surface area (Å²) in [5, 5.41) is 2.85. The molecule has 3 aromatic rings. The van der Waals surface area contributed by atoms with Gasteiger partial charge in [0.05, 0.1) is 0 Å². The predicted octanol–water partition coefficient (Wildman–Crippen LogP) is 2.90. The van der Waals surface area contributed by atoms with E-state index in [4.69, 9.17) is 10.5 Å². The van der Waals surface area contributed by atoms with Crippen molar-refractivity contribution in [3.05, 3.63) is 78.1 Å². The highest BCUT2D eigenvalue weighted by Gasteiger charge is 2.10. The molecular formula is C20H19N3O3. The molecule has 132 valence electrons. The molecular weight excluding hydrogens is 330 g/mol. The summed E-state index contributed by atoms with van der Waals surface area (Å²) in [7, 11) is 0. The third-order valence-electron chi connectivity index (χ3n) is 3.85. The first-order chi connectivity index (χ1) is 12.5. The van der Waals surface area contributed by atoms with Gasteiger partial charge in [0.2, 0.25) is 0 Å². The van der Waals surface area contributed by atoms with Crippen molar-refractivity contribution in [2.75, 3.05) is 11.9 Å². The summed E-state index contributed by atoms with van der Waals surface area (Å²) in [6, 6.07) is 16.3. The van der Waals surface area contributed by atoms with Crippen molar-refractivity contribution >= 4 is 17.5 Å². The van der Waals surface area contributed by atoms with E-state index in [-0.39, 0.29) is 12.5 Å². The SMILES string of the molecule is Cc1cc(-n2cccc2)ccc1C(=O)Nc1ccc(OCC(N)=O)cc1. The number of aryl methyl sites for hydroxylation is 1. The molecule has 0 aliphatic heterocycles. The fraction of sp³-hybridized carbons (Fsp3) is 0.100. The van der Waals surface area contributed by atoms with Gasteiger partial charge in [0.15, 0.2) is 6.61 Å². The third kappa shape index (κ3) is 4.10. The first-order valence-electron chi connectivity index (χ1n) is 8.09. The number of carbonyl (C=O) groups excluding carboxylic acids is 2. The lowest BCUT2D eigenvalue weighted by Crippen LogP contribution is -2.20. The average Bonchev–Trinajstić information content (AvgIpc) is 3.15. The van der Waals surface area contributed by atoms with Gasteiger partial charge in [-0.2, -0.15) is 0 Å². The van der Waals surface area contributed by atoms with Crippen LogP contribution in [0.15, 0.2) is 67.0 Å². The molecule has 2 aromatic carbocycles. The molecule has 6 nitrogen and oxygen atoms in total. The van der Waals surface area contributed by atoms with E-state index in [1.807, 2.05) is 54.2 Å². The molecule has 0 aliphatic carbocycles. The highest BCUT2D eigenvalue weighted by molar-refractivity contribution is 6.05. The van der Waals surface area contributed by atoms with Crippen LogP contribution >= 0.6 is 0 Å². The zero-order chi connectivity index (χ0) is 18.5. The molecule has 0 unspecified atom stereocenters. The Morgan fingerprint density at radius 1 is 1.08 bits per heavy atom. The second-order valence-corrected chi connectivity index (χ2v) is 5.82. The highest BCUT2D eigenvalue weighted by atomic mass is 16.5. The molecule has 1 aromatic heterocycles. The maximum Gasteiger partial charge on any atom is 0.255 e. The van der Waals surface area contributed by atoms with Crippen LogP contribution in [0.1, 0.15) is 15.9 Å². The van der Waals surface area contributed by atoms with Crippen LogP contribution in [0.3, 0.4) is 0 Å². The topological polar surface area (TPSA) is 86.3 Å². The van der Waals surface area contributed by atoms with E-state index in [0.29, 0.717) is 17.0 Å². The van der Waals surface area contributed by atoms with Crippen LogP contribution in [0.2, 0.25) is 0 Å². The maximum absolute atomic E-state index is 12.5. The number of hydrogen-bond donors (Lipinski definition) is 2. The molecule has 0 spiro atoms. The van der Waals surface area contributed by atoms with Crippen molar-refractivity contribution < 1.29 is 14.3 Å². The largest absolute Gasteiger partial charge is 0.484 e. The molecule has 3 N–H and O–H groups in total. The fourth-order valence-corrected chi connectivity index (χ4v) is 2.56. The Hall–Kier alpha value is -3.54. The van der Waals surface area contributed by atoms with Gasteiger partial charge in [0.25, 0.3) is 11.8 Å². The number of nitrogens with one attached hydrogen (secondary N) is 1. The number of aromatic nitrogens is 1. The van der Waals surface area contributed by atoms with Crippen molar-refractivity contribution in [2.45, 2.75) is 6.92 Å². The smallest absolute Gasteiger partial charge is 0.255 e. The summed E-state index contributed by atoms with van der Waals surface area (Å²) >= 11 is 0. The van der Waals surface area contributed by atoms with Gasteiger partial charge in [-0.25, -0.2) is 0 Å². The van der Waals surface area contributed by atoms with E-state index in [9.17, 15) is 9.59 Å². The lowest BCUT2D eigenvalue weighted by molar-refractivity contribution is -0.119. The molecule has 26 heavy (non-hydrogen) atoms. The second kappa shape index (κ2) is 7.57. The number of ether oxygens (including phenoxy) is 1. The van der Waals surface area contributed by atoms with Crippen LogP contribution in [0.5, 0.6) is 5.75 Å². The molecule has 2 amide bonds. The minimum absolute atomic E-state index is 0.182. The monoisotopic (exact) mass is 349 g/mol. The molecule has 0 radical (unpaired) electrons. The Labute approximate surface area is 151 Å². The number of nitrogens with two attached hydrogens (primary N) is 1. The van der Waals surface area contributed by atoms with Gasteiger partial charge in [-0.1, -0.05) is 0 Å². The summed E-state index contributed by atoms with van der Waals surface area (Å²) in [6.07, 6.45) is 3.91. The molecule has 0 bridgehead atoms. The zero-order valence-electron chi connectivity index (χ0n) is 14.3. The van der Waals surface area contributed by atoms with E-state index in [0.717, 1.165) is 11.3 Å². The van der Waals surface area contributed by atoms with Crippen LogP contribution in [0, 0.1) is 6.92 Å². The van der Waals surface area contributed by atoms with Crippen LogP contribution in [-0.4, -0.2) is 23.0 Å². The molecule has 6 heteroatoms. The minimum Gasteiger partial charge on any atom is -0.484 e. The molecule has 0 fully saturated rings. The summed E-state index contributed by atoms with van der Waals surface area (Å²) in [5.74, 6) is -0.220. The third-order valence-corrected chi connectivity index (χ3v) is 3.85. The van der Waals surface area contributed by atoms with E-state index in [1.165, 1.54) is 0 Å². The van der Waals surface area contributed by atoms with Crippen molar-refractivity contribution in [3.63, 3.8) is 0 Å². The summed E-state index contributed by atoms with van der Waals surface area (Å²) < 4.78 is 7.18. The van der Waals surface area contributed by atoms with Crippen molar-refractivity contribution in [3.8, 4) is 11.4 Å². The van der Waals surface area contributed by atoms with Gasteiger partial charge in [-0.05, 0) is 67.1 Å². The summed E-state index contributed by atoms with van der Waals surface area (Å²) in [6.45, 7) is 1.72. The minimum atomic E-state index is -0.541. The van der Waals surface area contributed by atoms with E-state index in [1.54, 1.807) is 24.3 Å². The summed E-state index contributed by atoms with van der Waals surface area (Å²) in [4.78, 5) is 23.2. The van der Waals surface area contributed by atoms with Gasteiger partial charge in [-0.3, -0.25) is 9.59 Å². The fourth-order valence-electron chi connectivity index (χ4n) is 2.56. The zero-order valence-corrected chi connectivity index (χ0v) is 14.3. The van der Waals surface area contributed by atoms with Crippen LogP contribution in [0.25, 0.3) is 5.69 Å². The molecule has 3 rings (SSSR count). The Balaban J connectivity index is 1.69. The van der Waals surface area contributed by atoms with Gasteiger partial charge >= 0.3 is 0 Å². The number of carbonyl (C=O) groups is 2. The van der Waals surface area contributed by atoms with Crippen molar-refractivity contribution in [2.24, 2.45) is 5.73 Å². The normalized spacial score (nSPS) is 10.3. The Bertz CT molecular complexity index is 916. The Morgan fingerprint density at radius 2 is 1.77 bits per heavy atom. The molecule has 1 heterocycles. The number of hydrogen-bond acceptors (Lipinski definition) is 3. The Morgan fingerprint density at radius 3 is 2.38 bits per heavy atom. The van der Waals surface area contributed by atoms with Crippen molar-refractivity contribution in [1.29, 1.82) is 0 Å². The number of nitrogens with zero attached hydrogens (tertiary/aromatic N) is 1. The second-order valence-electron chi connectivity index (χ2n) is 5.82. The lowest BCUT2D eigenvalue weighted by atomic mass is 10.1. The van der Waals surface area contributed by atoms with Gasteiger partial charge in [-0.15, -0.1) is 0 Å². The predicted molar refractivity (Wildman–Crippen MR) is 99.6 cm³/mol. The van der Waals surface area contributed by atoms with Gasteiger partial charge in [0, 0.05) is 29.3 Å². The first kappa shape index (κ1) is 17.3. The maximum atomic E-state index is 12.5. The average molecular weight is 349 g/mol. The van der Waals surface area contributed by atoms with Crippen LogP contribution in [-0.2, 0) is 4.79 Å². The van der Waals surface area contributed by atoms with Crippen LogP contribution in [0.4, 0.5) is 5.69 Å². The van der Waals surface area contributed by atoms with Gasteiger partial charge in [0.1, 0.15) is 5.75 Å². The number of primary amides is 1. The van der Waals surface area contributed by atoms with E-state index < -0.39 is 5.91 Å². The van der Waals surface area contributed by atoms with E-state index in [2.05, 4.69) is 5.32 Å². The number of rotatable bonds is 6. The molecule has 0 saturated carbocycles. The quantitative estimate of drug-likeness (QED) is 0.717. The highest BCUT2D eigenvalue weighted by Crippen LogP contribution is 2.19. The molecule has 0 atom stereocenters. The number of anilines is 1. The first-order valence-corrected chi connectivity index (χ1v) is 8.09.